The zero-order chi connectivity index (χ0) is 17.5. The molecule has 0 spiro atoms. The molecule has 0 aromatic heterocycles. The molecule has 2 N–H and O–H groups in total. The van der Waals surface area contributed by atoms with Crippen LogP contribution in [0.5, 0.6) is 11.5 Å². The van der Waals surface area contributed by atoms with Crippen LogP contribution in [0.2, 0.25) is 0 Å². The maximum absolute atomic E-state index is 9.50. The lowest BCUT2D eigenvalue weighted by Crippen LogP contribution is -1.97. The summed E-state index contributed by atoms with van der Waals surface area (Å²) < 4.78 is 6.07. The summed E-state index contributed by atoms with van der Waals surface area (Å²) in [4.78, 5) is 0. The first kappa shape index (κ1) is 16.8. The van der Waals surface area contributed by atoms with Crippen molar-refractivity contribution >= 4 is 6.08 Å². The number of hydrogen-bond donors (Lipinski definition) is 2. The van der Waals surface area contributed by atoms with E-state index >= 15 is 0 Å². The molecule has 126 valence electrons. The molecule has 0 bridgehead atoms. The Kier molecular flexibility index (Phi) is 5.50. The summed E-state index contributed by atoms with van der Waals surface area (Å²) in [5.41, 5.74) is 3.98. The summed E-state index contributed by atoms with van der Waals surface area (Å²) in [6.07, 6.45) is 3.55. The Morgan fingerprint density at radius 3 is 2.36 bits per heavy atom. The van der Waals surface area contributed by atoms with E-state index in [-0.39, 0.29) is 12.4 Å². The number of benzene rings is 3. The average molecular weight is 332 g/mol. The van der Waals surface area contributed by atoms with Crippen molar-refractivity contribution in [2.45, 2.75) is 6.61 Å². The fourth-order valence-corrected chi connectivity index (χ4v) is 2.57. The lowest BCUT2D eigenvalue weighted by atomic mass is 10.0. The van der Waals surface area contributed by atoms with E-state index < -0.39 is 0 Å². The molecule has 3 rings (SSSR count). The van der Waals surface area contributed by atoms with Gasteiger partial charge in [0, 0.05) is 5.56 Å². The van der Waals surface area contributed by atoms with Crippen molar-refractivity contribution in [2.24, 2.45) is 0 Å². The molecule has 3 aromatic carbocycles. The van der Waals surface area contributed by atoms with Gasteiger partial charge in [0.25, 0.3) is 0 Å². The lowest BCUT2D eigenvalue weighted by Gasteiger charge is -2.13. The molecule has 0 saturated heterocycles. The SMILES string of the molecule is OCC=Cc1ccc(-c2ccc(O)cc2)c(OCc2ccccc2)c1. The number of aliphatic hydroxyl groups excluding tert-OH is 1. The number of phenolic OH excluding ortho intramolecular Hbond substituents is 1. The van der Waals surface area contributed by atoms with Crippen molar-refractivity contribution in [2.75, 3.05) is 6.61 Å². The van der Waals surface area contributed by atoms with Gasteiger partial charge in [0.1, 0.15) is 18.1 Å². The van der Waals surface area contributed by atoms with Crippen LogP contribution < -0.4 is 4.74 Å². The predicted molar refractivity (Wildman–Crippen MR) is 100 cm³/mol. The number of aromatic hydroxyl groups is 1. The minimum Gasteiger partial charge on any atom is -0.508 e. The Balaban J connectivity index is 1.92. The number of phenols is 1. The van der Waals surface area contributed by atoms with Crippen LogP contribution in [-0.2, 0) is 6.61 Å². The molecule has 0 unspecified atom stereocenters. The van der Waals surface area contributed by atoms with E-state index in [2.05, 4.69) is 0 Å². The van der Waals surface area contributed by atoms with E-state index in [4.69, 9.17) is 9.84 Å². The van der Waals surface area contributed by atoms with Crippen molar-refractivity contribution in [1.82, 2.24) is 0 Å². The van der Waals surface area contributed by atoms with E-state index in [1.54, 1.807) is 18.2 Å². The number of aliphatic hydroxyl groups is 1. The van der Waals surface area contributed by atoms with Crippen LogP contribution in [0.4, 0.5) is 0 Å². The topological polar surface area (TPSA) is 49.7 Å². The third kappa shape index (κ3) is 4.49. The van der Waals surface area contributed by atoms with Crippen LogP contribution in [0.25, 0.3) is 17.2 Å². The van der Waals surface area contributed by atoms with E-state index in [1.165, 1.54) is 0 Å². The highest BCUT2D eigenvalue weighted by Crippen LogP contribution is 2.33. The van der Waals surface area contributed by atoms with E-state index in [0.717, 1.165) is 28.0 Å². The Labute approximate surface area is 147 Å². The first-order valence-electron chi connectivity index (χ1n) is 8.14. The minimum atomic E-state index is -0.0000800. The van der Waals surface area contributed by atoms with Gasteiger partial charge in [-0.05, 0) is 34.9 Å². The van der Waals surface area contributed by atoms with Gasteiger partial charge in [-0.2, -0.15) is 0 Å². The van der Waals surface area contributed by atoms with Crippen LogP contribution >= 0.6 is 0 Å². The third-order valence-electron chi connectivity index (χ3n) is 3.84. The summed E-state index contributed by atoms with van der Waals surface area (Å²) in [7, 11) is 0. The van der Waals surface area contributed by atoms with Crippen molar-refractivity contribution in [3.63, 3.8) is 0 Å². The molecule has 0 atom stereocenters. The molecule has 3 nitrogen and oxygen atoms in total. The maximum Gasteiger partial charge on any atom is 0.128 e. The molecule has 0 aliphatic rings. The van der Waals surface area contributed by atoms with E-state index in [1.807, 2.05) is 66.7 Å². The zero-order valence-corrected chi connectivity index (χ0v) is 13.8. The summed E-state index contributed by atoms with van der Waals surface area (Å²) >= 11 is 0. The molecule has 0 amide bonds. The second-order valence-corrected chi connectivity index (χ2v) is 5.66. The van der Waals surface area contributed by atoms with Gasteiger partial charge >= 0.3 is 0 Å². The van der Waals surface area contributed by atoms with Crippen LogP contribution in [0.15, 0.2) is 78.9 Å². The Morgan fingerprint density at radius 2 is 1.64 bits per heavy atom. The van der Waals surface area contributed by atoms with Gasteiger partial charge in [0.05, 0.1) is 6.61 Å². The standard InChI is InChI=1S/C22H20O3/c23-14-4-7-17-8-13-21(19-9-11-20(24)12-10-19)22(15-17)25-16-18-5-2-1-3-6-18/h1-13,15,23-24H,14,16H2. The molecule has 25 heavy (non-hydrogen) atoms. The lowest BCUT2D eigenvalue weighted by molar-refractivity contribution is 0.307. The second-order valence-electron chi connectivity index (χ2n) is 5.66. The summed E-state index contributed by atoms with van der Waals surface area (Å²) in [6, 6.07) is 23.0. The zero-order valence-electron chi connectivity index (χ0n) is 13.8. The molecule has 0 aliphatic heterocycles. The molecule has 0 radical (unpaired) electrons. The molecular formula is C22H20O3. The van der Waals surface area contributed by atoms with Gasteiger partial charge in [-0.3, -0.25) is 0 Å². The fourth-order valence-electron chi connectivity index (χ4n) is 2.57. The van der Waals surface area contributed by atoms with Crippen LogP contribution in [-0.4, -0.2) is 16.8 Å². The highest BCUT2D eigenvalue weighted by molar-refractivity contribution is 5.73. The Hall–Kier alpha value is -3.04. The van der Waals surface area contributed by atoms with Gasteiger partial charge in [-0.15, -0.1) is 0 Å². The van der Waals surface area contributed by atoms with Gasteiger partial charge < -0.3 is 14.9 Å². The van der Waals surface area contributed by atoms with Crippen molar-refractivity contribution in [1.29, 1.82) is 0 Å². The minimum absolute atomic E-state index is 0.0000800. The molecule has 0 heterocycles. The summed E-state index contributed by atoms with van der Waals surface area (Å²) in [6.45, 7) is 0.471. The first-order chi connectivity index (χ1) is 12.3. The number of ether oxygens (including phenoxy) is 1. The molecular weight excluding hydrogens is 312 g/mol. The third-order valence-corrected chi connectivity index (χ3v) is 3.84. The van der Waals surface area contributed by atoms with Crippen LogP contribution in [0.1, 0.15) is 11.1 Å². The van der Waals surface area contributed by atoms with Gasteiger partial charge in [0.15, 0.2) is 0 Å². The predicted octanol–water partition coefficient (Wildman–Crippen LogP) is 4.64. The number of rotatable bonds is 6. The quantitative estimate of drug-likeness (QED) is 0.691. The highest BCUT2D eigenvalue weighted by atomic mass is 16.5. The largest absolute Gasteiger partial charge is 0.508 e. The smallest absolute Gasteiger partial charge is 0.128 e. The summed E-state index contributed by atoms with van der Waals surface area (Å²) in [5, 5.41) is 18.5. The second kappa shape index (κ2) is 8.18. The normalized spacial score (nSPS) is 10.9. The van der Waals surface area contributed by atoms with E-state index in [9.17, 15) is 5.11 Å². The monoisotopic (exact) mass is 332 g/mol. The molecule has 3 aromatic rings. The van der Waals surface area contributed by atoms with Gasteiger partial charge in [0.2, 0.25) is 0 Å². The Morgan fingerprint density at radius 1 is 0.880 bits per heavy atom. The Bertz CT molecular complexity index is 837. The van der Waals surface area contributed by atoms with Crippen molar-refractivity contribution < 1.29 is 14.9 Å². The van der Waals surface area contributed by atoms with Crippen LogP contribution in [0.3, 0.4) is 0 Å². The number of hydrogen-bond acceptors (Lipinski definition) is 3. The molecule has 0 fully saturated rings. The van der Waals surface area contributed by atoms with E-state index in [0.29, 0.717) is 6.61 Å². The molecule has 0 aliphatic carbocycles. The van der Waals surface area contributed by atoms with Crippen molar-refractivity contribution in [3.8, 4) is 22.6 Å². The molecule has 3 heteroatoms. The van der Waals surface area contributed by atoms with Gasteiger partial charge in [-0.1, -0.05) is 66.7 Å². The average Bonchev–Trinajstić information content (AvgIpc) is 2.66. The molecule has 0 saturated carbocycles. The fraction of sp³-hybridized carbons (Fsp3) is 0.0909. The van der Waals surface area contributed by atoms with Gasteiger partial charge in [-0.25, -0.2) is 0 Å². The first-order valence-corrected chi connectivity index (χ1v) is 8.14. The highest BCUT2D eigenvalue weighted by Gasteiger charge is 2.08. The summed E-state index contributed by atoms with van der Waals surface area (Å²) in [5.74, 6) is 0.993. The van der Waals surface area contributed by atoms with Crippen molar-refractivity contribution in [3.05, 3.63) is 90.0 Å². The van der Waals surface area contributed by atoms with Crippen LogP contribution in [0, 0.1) is 0 Å². The maximum atomic E-state index is 9.50.